The molecule has 0 bridgehead atoms. The first-order chi connectivity index (χ1) is 12.5. The van der Waals surface area contributed by atoms with Crippen LogP contribution < -0.4 is 0 Å². The Morgan fingerprint density at radius 2 is 1.65 bits per heavy atom. The minimum atomic E-state index is -0.240. The van der Waals surface area contributed by atoms with E-state index in [9.17, 15) is 9.59 Å². The van der Waals surface area contributed by atoms with E-state index in [1.54, 1.807) is 19.4 Å². The fourth-order valence-corrected chi connectivity index (χ4v) is 3.14. The van der Waals surface area contributed by atoms with Crippen molar-refractivity contribution in [2.24, 2.45) is 0 Å². The van der Waals surface area contributed by atoms with Gasteiger partial charge in [-0.25, -0.2) is 0 Å². The van der Waals surface area contributed by atoms with E-state index < -0.39 is 0 Å². The highest BCUT2D eigenvalue weighted by atomic mass is 16.2. The van der Waals surface area contributed by atoms with Gasteiger partial charge >= 0.3 is 0 Å². The van der Waals surface area contributed by atoms with Gasteiger partial charge in [0, 0.05) is 32.5 Å². The van der Waals surface area contributed by atoms with Crippen molar-refractivity contribution in [1.82, 2.24) is 14.8 Å². The van der Waals surface area contributed by atoms with Gasteiger partial charge in [0.15, 0.2) is 0 Å². The van der Waals surface area contributed by atoms with Crippen LogP contribution >= 0.6 is 0 Å². The van der Waals surface area contributed by atoms with Gasteiger partial charge in [0.05, 0.1) is 5.57 Å². The number of amides is 2. The molecular weight excluding hydrogens is 326 g/mol. The van der Waals surface area contributed by atoms with Crippen LogP contribution in [0.4, 0.5) is 0 Å². The summed E-state index contributed by atoms with van der Waals surface area (Å²) in [6, 6.07) is 11.7. The third kappa shape index (κ3) is 3.38. The molecular formula is C21H23N3O2. The minimum Gasteiger partial charge on any atom is -0.366 e. The van der Waals surface area contributed by atoms with Gasteiger partial charge in [-0.15, -0.1) is 0 Å². The Hall–Kier alpha value is -2.95. The molecule has 0 radical (unpaired) electrons. The van der Waals surface area contributed by atoms with Crippen LogP contribution in [0.25, 0.3) is 5.57 Å². The molecule has 0 saturated heterocycles. The largest absolute Gasteiger partial charge is 0.366 e. The lowest BCUT2D eigenvalue weighted by Gasteiger charge is -2.24. The molecule has 1 aliphatic rings. The van der Waals surface area contributed by atoms with E-state index in [2.05, 4.69) is 4.98 Å². The Labute approximate surface area is 154 Å². The van der Waals surface area contributed by atoms with E-state index >= 15 is 0 Å². The van der Waals surface area contributed by atoms with Crippen LogP contribution in [-0.2, 0) is 16.0 Å². The molecule has 1 aromatic carbocycles. The van der Waals surface area contributed by atoms with Crippen LogP contribution in [0.15, 0.2) is 54.5 Å². The number of carbonyl (C=O) groups excluding carboxylic acids is 2. The number of hydrogen-bond acceptors (Lipinski definition) is 4. The molecule has 0 N–H and O–H groups in total. The molecule has 2 aromatic rings. The summed E-state index contributed by atoms with van der Waals surface area (Å²) in [4.78, 5) is 32.7. The van der Waals surface area contributed by atoms with Crippen LogP contribution in [0.2, 0.25) is 0 Å². The number of rotatable bonds is 6. The Balaban J connectivity index is 1.96. The summed E-state index contributed by atoms with van der Waals surface area (Å²) in [5.41, 5.74) is 4.05. The van der Waals surface area contributed by atoms with Crippen molar-refractivity contribution < 1.29 is 9.59 Å². The summed E-state index contributed by atoms with van der Waals surface area (Å²) < 4.78 is 0. The second-order valence-electron chi connectivity index (χ2n) is 6.44. The summed E-state index contributed by atoms with van der Waals surface area (Å²) in [7, 11) is 1.54. The summed E-state index contributed by atoms with van der Waals surface area (Å²) in [5.74, 6) is -0.474. The molecule has 0 aliphatic carbocycles. The number of pyridine rings is 1. The lowest BCUT2D eigenvalue weighted by Crippen LogP contribution is -2.33. The number of benzene rings is 1. The third-order valence-corrected chi connectivity index (χ3v) is 4.72. The molecule has 5 nitrogen and oxygen atoms in total. The van der Waals surface area contributed by atoms with E-state index in [4.69, 9.17) is 0 Å². The third-order valence-electron chi connectivity index (χ3n) is 4.72. The summed E-state index contributed by atoms with van der Waals surface area (Å²) in [6.45, 7) is 5.32. The zero-order chi connectivity index (χ0) is 18.7. The number of aromatic nitrogens is 1. The van der Waals surface area contributed by atoms with Crippen molar-refractivity contribution >= 4 is 17.4 Å². The Bertz CT molecular complexity index is 841. The van der Waals surface area contributed by atoms with Crippen molar-refractivity contribution in [2.45, 2.75) is 20.3 Å². The first-order valence-electron chi connectivity index (χ1n) is 8.80. The first kappa shape index (κ1) is 17.9. The number of nitrogens with zero attached hydrogens (tertiary/aromatic N) is 3. The van der Waals surface area contributed by atoms with Gasteiger partial charge < -0.3 is 4.90 Å². The monoisotopic (exact) mass is 349 g/mol. The molecule has 2 amide bonds. The van der Waals surface area contributed by atoms with E-state index in [1.807, 2.05) is 55.1 Å². The van der Waals surface area contributed by atoms with Gasteiger partial charge in [0.2, 0.25) is 0 Å². The molecule has 1 aromatic heterocycles. The number of aryl methyl sites for hydroxylation is 1. The van der Waals surface area contributed by atoms with Gasteiger partial charge in [0.1, 0.15) is 5.70 Å². The molecule has 26 heavy (non-hydrogen) atoms. The summed E-state index contributed by atoms with van der Waals surface area (Å²) in [6.07, 6.45) is 4.31. The van der Waals surface area contributed by atoms with Gasteiger partial charge in [-0.3, -0.25) is 19.5 Å². The van der Waals surface area contributed by atoms with Crippen molar-refractivity contribution in [3.8, 4) is 0 Å². The highest BCUT2D eigenvalue weighted by Gasteiger charge is 2.38. The lowest BCUT2D eigenvalue weighted by molar-refractivity contribution is -0.135. The smallest absolute Gasteiger partial charge is 0.277 e. The van der Waals surface area contributed by atoms with Gasteiger partial charge in [-0.05, 0) is 43.5 Å². The Morgan fingerprint density at radius 3 is 2.27 bits per heavy atom. The van der Waals surface area contributed by atoms with Crippen LogP contribution in [0.1, 0.15) is 23.6 Å². The van der Waals surface area contributed by atoms with Crippen molar-refractivity contribution in [3.63, 3.8) is 0 Å². The Kier molecular flexibility index (Phi) is 5.16. The molecule has 5 heteroatoms. The maximum Gasteiger partial charge on any atom is 0.277 e. The average Bonchev–Trinajstić information content (AvgIpc) is 2.88. The average molecular weight is 349 g/mol. The molecule has 0 saturated carbocycles. The zero-order valence-electron chi connectivity index (χ0n) is 15.4. The maximum absolute atomic E-state index is 12.8. The highest BCUT2D eigenvalue weighted by molar-refractivity contribution is 6.35. The van der Waals surface area contributed by atoms with E-state index in [-0.39, 0.29) is 11.8 Å². The van der Waals surface area contributed by atoms with Crippen LogP contribution in [0.3, 0.4) is 0 Å². The lowest BCUT2D eigenvalue weighted by atomic mass is 10.0. The number of likely N-dealkylation sites (N-methyl/N-ethyl adjacent to an activating group) is 2. The molecule has 134 valence electrons. The topological polar surface area (TPSA) is 53.5 Å². The van der Waals surface area contributed by atoms with Gasteiger partial charge in [-0.1, -0.05) is 29.8 Å². The van der Waals surface area contributed by atoms with Crippen molar-refractivity contribution in [3.05, 3.63) is 71.2 Å². The van der Waals surface area contributed by atoms with E-state index in [0.29, 0.717) is 24.4 Å². The highest BCUT2D eigenvalue weighted by Crippen LogP contribution is 2.31. The number of hydrogen-bond donors (Lipinski definition) is 0. The number of imide groups is 1. The maximum atomic E-state index is 12.8. The number of carbonyl (C=O) groups is 2. The normalized spacial score (nSPS) is 14.3. The summed E-state index contributed by atoms with van der Waals surface area (Å²) in [5, 5.41) is 0. The fraction of sp³-hybridized carbons (Fsp3) is 0.286. The van der Waals surface area contributed by atoms with Crippen molar-refractivity contribution in [1.29, 1.82) is 0 Å². The van der Waals surface area contributed by atoms with Gasteiger partial charge in [0.25, 0.3) is 11.8 Å². The minimum absolute atomic E-state index is 0.234. The predicted molar refractivity (Wildman–Crippen MR) is 101 cm³/mol. The fourth-order valence-electron chi connectivity index (χ4n) is 3.14. The van der Waals surface area contributed by atoms with Crippen LogP contribution in [0.5, 0.6) is 0 Å². The van der Waals surface area contributed by atoms with Crippen LogP contribution in [0, 0.1) is 6.92 Å². The zero-order valence-corrected chi connectivity index (χ0v) is 15.4. The molecule has 0 spiro atoms. The molecule has 3 rings (SSSR count). The Morgan fingerprint density at radius 1 is 1.00 bits per heavy atom. The molecule has 0 fully saturated rings. The van der Waals surface area contributed by atoms with E-state index in [1.165, 1.54) is 4.90 Å². The van der Waals surface area contributed by atoms with Crippen molar-refractivity contribution in [2.75, 3.05) is 20.1 Å². The first-order valence-corrected chi connectivity index (χ1v) is 8.80. The molecule has 2 heterocycles. The molecule has 0 unspecified atom stereocenters. The second kappa shape index (κ2) is 7.52. The molecule has 1 aliphatic heterocycles. The predicted octanol–water partition coefficient (Wildman–Crippen LogP) is 2.66. The molecule has 0 atom stereocenters. The SMILES string of the molecule is CCN(CCc1ccncc1)C1=C(c2ccc(C)cc2)C(=O)N(C)C1=O. The quantitative estimate of drug-likeness (QED) is 0.753. The van der Waals surface area contributed by atoms with Gasteiger partial charge in [-0.2, -0.15) is 0 Å². The summed E-state index contributed by atoms with van der Waals surface area (Å²) >= 11 is 0. The van der Waals surface area contributed by atoms with E-state index in [0.717, 1.165) is 23.1 Å². The van der Waals surface area contributed by atoms with Crippen LogP contribution in [-0.4, -0.2) is 46.7 Å². The second-order valence-corrected chi connectivity index (χ2v) is 6.44. The standard InChI is InChI=1S/C21H23N3O2/c1-4-24(14-11-16-9-12-22-13-10-16)19-18(20(25)23(3)21(19)26)17-7-5-15(2)6-8-17/h5-10,12-13H,4,11,14H2,1-3H3.